The third kappa shape index (κ3) is 5.98. The van der Waals surface area contributed by atoms with Gasteiger partial charge in [0.1, 0.15) is 12.9 Å². The van der Waals surface area contributed by atoms with Crippen LogP contribution in [-0.4, -0.2) is 65.1 Å². The van der Waals surface area contributed by atoms with Crippen molar-refractivity contribution in [3.05, 3.63) is 6.33 Å². The molecule has 0 spiro atoms. The average Bonchev–Trinajstić information content (AvgIpc) is 2.82. The fraction of sp³-hybridized carbons (Fsp3) is 0.750. The van der Waals surface area contributed by atoms with Crippen molar-refractivity contribution in [1.29, 1.82) is 0 Å². The number of hydrogen-bond acceptors (Lipinski definition) is 6. The Hall–Kier alpha value is -1.67. The van der Waals surface area contributed by atoms with E-state index in [1.165, 1.54) is 11.0 Å². The van der Waals surface area contributed by atoms with E-state index in [1.54, 1.807) is 4.90 Å². The molecule has 8 heteroatoms. The highest BCUT2D eigenvalue weighted by Crippen LogP contribution is 1.97. The molecule has 0 aliphatic carbocycles. The fourth-order valence-corrected chi connectivity index (χ4v) is 1.62. The van der Waals surface area contributed by atoms with Gasteiger partial charge in [0.25, 0.3) is 0 Å². The second kappa shape index (κ2) is 9.27. The molecule has 0 aliphatic heterocycles. The maximum absolute atomic E-state index is 12.2. The lowest BCUT2D eigenvalue weighted by atomic mass is 10.4. The molecule has 8 nitrogen and oxygen atoms in total. The molecule has 2 N–H and O–H groups in total. The van der Waals surface area contributed by atoms with Crippen molar-refractivity contribution in [3.8, 4) is 0 Å². The van der Waals surface area contributed by atoms with Crippen LogP contribution >= 0.6 is 0 Å². The average molecular weight is 285 g/mol. The summed E-state index contributed by atoms with van der Waals surface area (Å²) in [5, 5.41) is 3.90. The van der Waals surface area contributed by atoms with Gasteiger partial charge in [-0.1, -0.05) is 0 Å². The third-order valence-corrected chi connectivity index (χ3v) is 2.62. The minimum absolute atomic E-state index is 0.0608. The first-order valence-electron chi connectivity index (χ1n) is 6.75. The van der Waals surface area contributed by atoms with Crippen LogP contribution in [0.4, 0.5) is 5.95 Å². The molecule has 1 rings (SSSR count). The molecule has 0 saturated carbocycles. The molecular formula is C12H23N5O3. The molecule has 0 unspecified atom stereocenters. The van der Waals surface area contributed by atoms with Crippen molar-refractivity contribution in [2.75, 3.05) is 45.3 Å². The van der Waals surface area contributed by atoms with Crippen LogP contribution in [0.1, 0.15) is 13.8 Å². The van der Waals surface area contributed by atoms with E-state index < -0.39 is 0 Å². The van der Waals surface area contributed by atoms with Crippen molar-refractivity contribution in [2.45, 2.75) is 20.4 Å². The number of nitrogen functional groups attached to an aromatic ring is 1. The van der Waals surface area contributed by atoms with E-state index >= 15 is 0 Å². The SMILES string of the molecule is CCOCCN(CCOCC)C(=O)Cn1cnc(N)n1. The maximum atomic E-state index is 12.2. The number of carbonyl (C=O) groups excluding carboxylic acids is 1. The first kappa shape index (κ1) is 16.4. The highest BCUT2D eigenvalue weighted by Gasteiger charge is 2.14. The molecule has 1 amide bonds. The lowest BCUT2D eigenvalue weighted by molar-refractivity contribution is -0.133. The Labute approximate surface area is 118 Å². The number of nitrogens with two attached hydrogens (primary N) is 1. The lowest BCUT2D eigenvalue weighted by Crippen LogP contribution is -2.39. The normalized spacial score (nSPS) is 10.7. The summed E-state index contributed by atoms with van der Waals surface area (Å²) in [7, 11) is 0. The zero-order chi connectivity index (χ0) is 14.8. The van der Waals surface area contributed by atoms with Gasteiger partial charge in [-0.3, -0.25) is 4.79 Å². The smallest absolute Gasteiger partial charge is 0.244 e. The van der Waals surface area contributed by atoms with E-state index in [2.05, 4.69) is 10.1 Å². The first-order valence-corrected chi connectivity index (χ1v) is 6.75. The Morgan fingerprint density at radius 1 is 1.30 bits per heavy atom. The molecule has 0 bridgehead atoms. The zero-order valence-corrected chi connectivity index (χ0v) is 12.1. The molecule has 20 heavy (non-hydrogen) atoms. The van der Waals surface area contributed by atoms with Gasteiger partial charge in [0.2, 0.25) is 11.9 Å². The molecule has 1 aromatic heterocycles. The van der Waals surface area contributed by atoms with Crippen LogP contribution in [0.15, 0.2) is 6.33 Å². The summed E-state index contributed by atoms with van der Waals surface area (Å²) in [5.41, 5.74) is 5.42. The summed E-state index contributed by atoms with van der Waals surface area (Å²) in [5.74, 6) is 0.0993. The largest absolute Gasteiger partial charge is 0.380 e. The number of carbonyl (C=O) groups is 1. The molecule has 0 saturated heterocycles. The first-order chi connectivity index (χ1) is 9.67. The quantitative estimate of drug-likeness (QED) is 0.596. The van der Waals surface area contributed by atoms with Crippen molar-refractivity contribution >= 4 is 11.9 Å². The van der Waals surface area contributed by atoms with Crippen LogP contribution in [0.3, 0.4) is 0 Å². The summed E-state index contributed by atoms with van der Waals surface area (Å²) in [6.07, 6.45) is 1.44. The Balaban J connectivity index is 2.48. The second-order valence-corrected chi connectivity index (χ2v) is 4.07. The molecule has 0 aromatic carbocycles. The number of ether oxygens (including phenoxy) is 2. The molecular weight excluding hydrogens is 262 g/mol. The maximum Gasteiger partial charge on any atom is 0.244 e. The molecule has 0 atom stereocenters. The summed E-state index contributed by atoms with van der Waals surface area (Å²) < 4.78 is 12.0. The highest BCUT2D eigenvalue weighted by atomic mass is 16.5. The van der Waals surface area contributed by atoms with Crippen LogP contribution in [-0.2, 0) is 20.8 Å². The minimum atomic E-state index is -0.0608. The standard InChI is InChI=1S/C12H23N5O3/c1-3-19-7-5-16(6-8-20-4-2)11(18)9-17-10-14-12(13)15-17/h10H,3-9H2,1-2H3,(H2,13,15). The van der Waals surface area contributed by atoms with Gasteiger partial charge in [0.15, 0.2) is 0 Å². The number of rotatable bonds is 10. The Kier molecular flexibility index (Phi) is 7.59. The zero-order valence-electron chi connectivity index (χ0n) is 12.1. The molecule has 1 aromatic rings. The van der Waals surface area contributed by atoms with Crippen LogP contribution in [0.2, 0.25) is 0 Å². The van der Waals surface area contributed by atoms with Gasteiger partial charge in [-0.15, -0.1) is 5.10 Å². The van der Waals surface area contributed by atoms with Crippen molar-refractivity contribution in [2.24, 2.45) is 0 Å². The van der Waals surface area contributed by atoms with Gasteiger partial charge < -0.3 is 20.1 Å². The molecule has 0 radical (unpaired) electrons. The van der Waals surface area contributed by atoms with Crippen LogP contribution in [0.25, 0.3) is 0 Å². The predicted octanol–water partition coefficient (Wildman–Crippen LogP) is -0.238. The van der Waals surface area contributed by atoms with Gasteiger partial charge in [-0.2, -0.15) is 0 Å². The molecule has 0 aliphatic rings. The van der Waals surface area contributed by atoms with Gasteiger partial charge in [0, 0.05) is 26.3 Å². The Morgan fingerprint density at radius 2 is 1.90 bits per heavy atom. The van der Waals surface area contributed by atoms with Crippen LogP contribution in [0.5, 0.6) is 0 Å². The Morgan fingerprint density at radius 3 is 2.35 bits per heavy atom. The summed E-state index contributed by atoms with van der Waals surface area (Å²) >= 11 is 0. The van der Waals surface area contributed by atoms with Crippen LogP contribution < -0.4 is 5.73 Å². The topological polar surface area (TPSA) is 95.5 Å². The second-order valence-electron chi connectivity index (χ2n) is 4.07. The van der Waals surface area contributed by atoms with E-state index in [1.807, 2.05) is 13.8 Å². The number of nitrogens with zero attached hydrogens (tertiary/aromatic N) is 4. The van der Waals surface area contributed by atoms with Crippen LogP contribution in [0, 0.1) is 0 Å². The lowest BCUT2D eigenvalue weighted by Gasteiger charge is -2.22. The van der Waals surface area contributed by atoms with Crippen molar-refractivity contribution in [3.63, 3.8) is 0 Å². The summed E-state index contributed by atoms with van der Waals surface area (Å²) in [6.45, 7) is 7.30. The van der Waals surface area contributed by atoms with Gasteiger partial charge in [-0.05, 0) is 13.8 Å². The van der Waals surface area contributed by atoms with E-state index in [0.29, 0.717) is 39.5 Å². The number of anilines is 1. The highest BCUT2D eigenvalue weighted by molar-refractivity contribution is 5.75. The summed E-state index contributed by atoms with van der Waals surface area (Å²) in [6, 6.07) is 0. The van der Waals surface area contributed by atoms with Gasteiger partial charge in [-0.25, -0.2) is 9.67 Å². The number of hydrogen-bond donors (Lipinski definition) is 1. The number of aromatic nitrogens is 3. The molecule has 114 valence electrons. The Bertz CT molecular complexity index is 386. The van der Waals surface area contributed by atoms with Gasteiger partial charge >= 0.3 is 0 Å². The van der Waals surface area contributed by atoms with Crippen molar-refractivity contribution in [1.82, 2.24) is 19.7 Å². The van der Waals surface area contributed by atoms with Crippen molar-refractivity contribution < 1.29 is 14.3 Å². The van der Waals surface area contributed by atoms with Gasteiger partial charge in [0.05, 0.1) is 13.2 Å². The number of amides is 1. The van der Waals surface area contributed by atoms with E-state index in [4.69, 9.17) is 15.2 Å². The molecule has 1 heterocycles. The minimum Gasteiger partial charge on any atom is -0.380 e. The van der Waals surface area contributed by atoms with E-state index in [-0.39, 0.29) is 18.4 Å². The predicted molar refractivity (Wildman–Crippen MR) is 74.0 cm³/mol. The molecule has 0 fully saturated rings. The fourth-order valence-electron chi connectivity index (χ4n) is 1.62. The monoisotopic (exact) mass is 285 g/mol. The summed E-state index contributed by atoms with van der Waals surface area (Å²) in [4.78, 5) is 17.7. The van der Waals surface area contributed by atoms with E-state index in [0.717, 1.165) is 0 Å². The van der Waals surface area contributed by atoms with E-state index in [9.17, 15) is 4.79 Å². The third-order valence-electron chi connectivity index (χ3n) is 2.62.